The molecule has 0 spiro atoms. The van der Waals surface area contributed by atoms with E-state index in [0.29, 0.717) is 18.4 Å². The van der Waals surface area contributed by atoms with Gasteiger partial charge in [-0.05, 0) is 43.2 Å². The summed E-state index contributed by atoms with van der Waals surface area (Å²) in [5.41, 5.74) is 3.62. The van der Waals surface area contributed by atoms with E-state index in [9.17, 15) is 0 Å². The highest BCUT2D eigenvalue weighted by Crippen LogP contribution is 2.24. The van der Waals surface area contributed by atoms with Crippen LogP contribution in [0.25, 0.3) is 0 Å². The van der Waals surface area contributed by atoms with Gasteiger partial charge in [-0.3, -0.25) is 0 Å². The number of aromatic nitrogens is 4. The molecule has 24 heavy (non-hydrogen) atoms. The normalized spacial score (nSPS) is 19.5. The molecule has 0 N–H and O–H groups in total. The van der Waals surface area contributed by atoms with Crippen LogP contribution in [0.4, 0.5) is 5.95 Å². The molecule has 126 valence electrons. The van der Waals surface area contributed by atoms with Gasteiger partial charge < -0.3 is 9.64 Å². The third-order valence-corrected chi connectivity index (χ3v) is 4.93. The fourth-order valence-corrected chi connectivity index (χ4v) is 3.43. The Kier molecular flexibility index (Phi) is 4.28. The summed E-state index contributed by atoms with van der Waals surface area (Å²) in [6, 6.07) is 2.06. The molecule has 3 heterocycles. The predicted molar refractivity (Wildman–Crippen MR) is 91.3 cm³/mol. The lowest BCUT2D eigenvalue weighted by Gasteiger charge is -2.16. The number of ether oxygens (including phenoxy) is 1. The van der Waals surface area contributed by atoms with Crippen LogP contribution in [0.5, 0.6) is 5.88 Å². The first-order valence-corrected chi connectivity index (χ1v) is 8.86. The zero-order valence-corrected chi connectivity index (χ0v) is 14.1. The van der Waals surface area contributed by atoms with Crippen molar-refractivity contribution in [2.45, 2.75) is 39.0 Å². The standard InChI is InChI=1S/C18H23N5O/c1-2-13-9-19-18(20-10-13)23-7-6-14(11-23)12-24-17-8-15-4-3-5-16(15)21-22-17/h8-10,14H,2-7,11-12H2,1H3. The molecule has 1 aliphatic heterocycles. The first-order chi connectivity index (χ1) is 11.8. The Hall–Kier alpha value is -2.24. The van der Waals surface area contributed by atoms with Crippen LogP contribution in [0.15, 0.2) is 18.5 Å². The van der Waals surface area contributed by atoms with E-state index in [0.717, 1.165) is 50.4 Å². The highest BCUT2D eigenvalue weighted by molar-refractivity contribution is 5.32. The zero-order chi connectivity index (χ0) is 16.4. The first kappa shape index (κ1) is 15.3. The van der Waals surface area contributed by atoms with Gasteiger partial charge in [0.15, 0.2) is 0 Å². The maximum absolute atomic E-state index is 5.89. The van der Waals surface area contributed by atoms with E-state index >= 15 is 0 Å². The van der Waals surface area contributed by atoms with E-state index in [-0.39, 0.29) is 0 Å². The molecule has 2 aromatic rings. The summed E-state index contributed by atoms with van der Waals surface area (Å²) in [5.74, 6) is 1.97. The third-order valence-electron chi connectivity index (χ3n) is 4.93. The van der Waals surface area contributed by atoms with Gasteiger partial charge in [-0.1, -0.05) is 6.92 Å². The molecule has 6 heteroatoms. The number of rotatable bonds is 5. The van der Waals surface area contributed by atoms with Gasteiger partial charge >= 0.3 is 0 Å². The topological polar surface area (TPSA) is 64.0 Å². The van der Waals surface area contributed by atoms with Gasteiger partial charge in [-0.2, -0.15) is 5.10 Å². The average Bonchev–Trinajstić information content (AvgIpc) is 3.29. The Morgan fingerprint density at radius 3 is 2.92 bits per heavy atom. The number of hydrogen-bond donors (Lipinski definition) is 0. The second-order valence-electron chi connectivity index (χ2n) is 6.66. The molecular weight excluding hydrogens is 302 g/mol. The molecule has 0 bridgehead atoms. The molecule has 1 fully saturated rings. The minimum Gasteiger partial charge on any atom is -0.476 e. The Morgan fingerprint density at radius 2 is 2.08 bits per heavy atom. The first-order valence-electron chi connectivity index (χ1n) is 8.86. The van der Waals surface area contributed by atoms with Gasteiger partial charge in [-0.25, -0.2) is 9.97 Å². The van der Waals surface area contributed by atoms with E-state index in [1.807, 2.05) is 12.4 Å². The number of hydrogen-bond acceptors (Lipinski definition) is 6. The Morgan fingerprint density at radius 1 is 1.21 bits per heavy atom. The van der Waals surface area contributed by atoms with Gasteiger partial charge in [-0.15, -0.1) is 5.10 Å². The third kappa shape index (κ3) is 3.18. The van der Waals surface area contributed by atoms with E-state index < -0.39 is 0 Å². The zero-order valence-electron chi connectivity index (χ0n) is 14.1. The monoisotopic (exact) mass is 325 g/mol. The van der Waals surface area contributed by atoms with Crippen LogP contribution < -0.4 is 9.64 Å². The van der Waals surface area contributed by atoms with Crippen LogP contribution in [-0.4, -0.2) is 39.9 Å². The van der Waals surface area contributed by atoms with E-state index in [4.69, 9.17) is 4.74 Å². The summed E-state index contributed by atoms with van der Waals surface area (Å²) >= 11 is 0. The van der Waals surface area contributed by atoms with Gasteiger partial charge in [0.05, 0.1) is 12.3 Å². The summed E-state index contributed by atoms with van der Waals surface area (Å²) in [5, 5.41) is 8.47. The van der Waals surface area contributed by atoms with Crippen LogP contribution in [0.3, 0.4) is 0 Å². The van der Waals surface area contributed by atoms with Crippen LogP contribution in [0.2, 0.25) is 0 Å². The van der Waals surface area contributed by atoms with E-state index in [1.165, 1.54) is 17.5 Å². The number of fused-ring (bicyclic) bond motifs is 1. The van der Waals surface area contributed by atoms with Crippen molar-refractivity contribution in [1.82, 2.24) is 20.2 Å². The molecule has 6 nitrogen and oxygen atoms in total. The highest BCUT2D eigenvalue weighted by Gasteiger charge is 2.25. The second kappa shape index (κ2) is 6.71. The Bertz CT molecular complexity index is 703. The number of nitrogens with zero attached hydrogens (tertiary/aromatic N) is 5. The molecule has 0 amide bonds. The molecule has 2 aromatic heterocycles. The molecule has 2 aliphatic rings. The lowest BCUT2D eigenvalue weighted by atomic mass is 10.1. The summed E-state index contributed by atoms with van der Waals surface area (Å²) in [7, 11) is 0. The lowest BCUT2D eigenvalue weighted by molar-refractivity contribution is 0.249. The number of aryl methyl sites for hydroxylation is 3. The van der Waals surface area contributed by atoms with E-state index in [2.05, 4.69) is 38.1 Å². The highest BCUT2D eigenvalue weighted by atomic mass is 16.5. The molecule has 0 radical (unpaired) electrons. The average molecular weight is 325 g/mol. The van der Waals surface area contributed by atoms with Gasteiger partial charge in [0.1, 0.15) is 0 Å². The van der Waals surface area contributed by atoms with Crippen molar-refractivity contribution in [3.63, 3.8) is 0 Å². The lowest BCUT2D eigenvalue weighted by Crippen LogP contribution is -2.23. The van der Waals surface area contributed by atoms with Crippen molar-refractivity contribution in [1.29, 1.82) is 0 Å². The Balaban J connectivity index is 1.32. The van der Waals surface area contributed by atoms with Crippen LogP contribution in [-0.2, 0) is 19.3 Å². The minimum absolute atomic E-state index is 0.481. The fraction of sp³-hybridized carbons (Fsp3) is 0.556. The summed E-state index contributed by atoms with van der Waals surface area (Å²) < 4.78 is 5.89. The van der Waals surface area contributed by atoms with Gasteiger partial charge in [0.25, 0.3) is 0 Å². The van der Waals surface area contributed by atoms with Crippen molar-refractivity contribution in [2.75, 3.05) is 24.6 Å². The maximum atomic E-state index is 5.89. The van der Waals surface area contributed by atoms with Crippen molar-refractivity contribution in [3.8, 4) is 5.88 Å². The molecule has 1 saturated heterocycles. The second-order valence-corrected chi connectivity index (χ2v) is 6.66. The van der Waals surface area contributed by atoms with Crippen molar-refractivity contribution in [3.05, 3.63) is 35.3 Å². The van der Waals surface area contributed by atoms with Crippen LogP contribution >= 0.6 is 0 Å². The smallest absolute Gasteiger partial charge is 0.233 e. The quantitative estimate of drug-likeness (QED) is 0.840. The summed E-state index contributed by atoms with van der Waals surface area (Å²) in [4.78, 5) is 11.2. The summed E-state index contributed by atoms with van der Waals surface area (Å²) in [6.45, 7) is 4.71. The van der Waals surface area contributed by atoms with Crippen molar-refractivity contribution < 1.29 is 4.74 Å². The molecule has 0 saturated carbocycles. The van der Waals surface area contributed by atoms with Gasteiger partial charge in [0, 0.05) is 37.5 Å². The molecule has 4 rings (SSSR count). The molecule has 1 atom stereocenters. The van der Waals surface area contributed by atoms with Crippen LogP contribution in [0.1, 0.15) is 36.6 Å². The molecular formula is C18H23N5O. The van der Waals surface area contributed by atoms with E-state index in [1.54, 1.807) is 0 Å². The van der Waals surface area contributed by atoms with Crippen molar-refractivity contribution >= 4 is 5.95 Å². The SMILES string of the molecule is CCc1cnc(N2CCC(COc3cc4c(nn3)CCC4)C2)nc1. The van der Waals surface area contributed by atoms with Crippen LogP contribution in [0, 0.1) is 5.92 Å². The Labute approximate surface area is 142 Å². The maximum Gasteiger partial charge on any atom is 0.233 e. The van der Waals surface area contributed by atoms with Crippen molar-refractivity contribution in [2.24, 2.45) is 5.92 Å². The summed E-state index contributed by atoms with van der Waals surface area (Å²) in [6.07, 6.45) is 9.25. The van der Waals surface area contributed by atoms with Gasteiger partial charge in [0.2, 0.25) is 11.8 Å². The largest absolute Gasteiger partial charge is 0.476 e. The fourth-order valence-electron chi connectivity index (χ4n) is 3.43. The number of anilines is 1. The molecule has 1 unspecified atom stereocenters. The predicted octanol–water partition coefficient (Wildman–Crippen LogP) is 2.22. The molecule has 1 aliphatic carbocycles. The minimum atomic E-state index is 0.481. The molecule has 0 aromatic carbocycles.